The average molecular weight is 247 g/mol. The maximum absolute atomic E-state index is 11.2. The lowest BCUT2D eigenvalue weighted by Gasteiger charge is -2.10. The van der Waals surface area contributed by atoms with Crippen LogP contribution >= 0.6 is 11.3 Å². The summed E-state index contributed by atoms with van der Waals surface area (Å²) in [4.78, 5) is 15.4. The summed E-state index contributed by atoms with van der Waals surface area (Å²) in [6.07, 6.45) is 1.77. The van der Waals surface area contributed by atoms with E-state index in [4.69, 9.17) is 5.73 Å². The normalized spacial score (nSPS) is 10.2. The van der Waals surface area contributed by atoms with Crippen LogP contribution in [-0.2, 0) is 6.54 Å². The van der Waals surface area contributed by atoms with Gasteiger partial charge in [0.15, 0.2) is 0 Å². The maximum atomic E-state index is 11.2. The van der Waals surface area contributed by atoms with E-state index in [9.17, 15) is 4.79 Å². The van der Waals surface area contributed by atoms with Gasteiger partial charge >= 0.3 is 0 Å². The summed E-state index contributed by atoms with van der Waals surface area (Å²) in [7, 11) is 0. The third-order valence-corrected chi connectivity index (χ3v) is 3.29. The first kappa shape index (κ1) is 11.6. The third-order valence-electron chi connectivity index (χ3n) is 2.51. The van der Waals surface area contributed by atoms with E-state index in [2.05, 4.69) is 10.3 Å². The zero-order chi connectivity index (χ0) is 12.3. The Morgan fingerprint density at radius 3 is 3.00 bits per heavy atom. The number of aromatic nitrogens is 1. The molecule has 0 saturated carbocycles. The second kappa shape index (κ2) is 4.97. The molecule has 0 saturated heterocycles. The van der Waals surface area contributed by atoms with Gasteiger partial charge in [0.2, 0.25) is 5.91 Å². The number of nitrogens with two attached hydrogens (primary N) is 1. The largest absolute Gasteiger partial charge is 0.378 e. The Labute approximate surface area is 103 Å². The quantitative estimate of drug-likeness (QED) is 0.870. The van der Waals surface area contributed by atoms with Gasteiger partial charge in [-0.25, -0.2) is 4.98 Å². The number of amides is 1. The van der Waals surface area contributed by atoms with E-state index in [1.165, 1.54) is 0 Å². The number of hydrogen-bond donors (Lipinski definition) is 2. The Morgan fingerprint density at radius 1 is 1.53 bits per heavy atom. The molecule has 1 aromatic heterocycles. The number of rotatable bonds is 4. The fourth-order valence-electron chi connectivity index (χ4n) is 1.61. The first-order valence-electron chi connectivity index (χ1n) is 5.20. The van der Waals surface area contributed by atoms with Gasteiger partial charge in [-0.2, -0.15) is 0 Å². The molecule has 2 aromatic rings. The van der Waals surface area contributed by atoms with E-state index < -0.39 is 5.91 Å². The Hall–Kier alpha value is -1.88. The topological polar surface area (TPSA) is 68.0 Å². The standard InChI is InChI=1S/C12H13N3OS/c1-8-9(12(13)16)3-2-4-10(8)15-7-11-14-5-6-17-11/h2-6,15H,7H2,1H3,(H2,13,16). The maximum Gasteiger partial charge on any atom is 0.249 e. The zero-order valence-electron chi connectivity index (χ0n) is 9.43. The van der Waals surface area contributed by atoms with Crippen molar-refractivity contribution < 1.29 is 4.79 Å². The van der Waals surface area contributed by atoms with Gasteiger partial charge in [-0.15, -0.1) is 11.3 Å². The number of carbonyl (C=O) groups excluding carboxylic acids is 1. The van der Waals surface area contributed by atoms with Crippen LogP contribution in [0.25, 0.3) is 0 Å². The monoisotopic (exact) mass is 247 g/mol. The Bertz CT molecular complexity index is 523. The lowest BCUT2D eigenvalue weighted by Crippen LogP contribution is -2.13. The SMILES string of the molecule is Cc1c(NCc2nccs2)cccc1C(N)=O. The third kappa shape index (κ3) is 2.62. The van der Waals surface area contributed by atoms with Gasteiger partial charge in [0.1, 0.15) is 5.01 Å². The molecule has 2 rings (SSSR count). The molecule has 0 fully saturated rings. The highest BCUT2D eigenvalue weighted by Crippen LogP contribution is 2.19. The van der Waals surface area contributed by atoms with Crippen LogP contribution in [0.2, 0.25) is 0 Å². The van der Waals surface area contributed by atoms with Crippen LogP contribution in [0.5, 0.6) is 0 Å². The van der Waals surface area contributed by atoms with Gasteiger partial charge in [0.05, 0.1) is 6.54 Å². The number of benzene rings is 1. The molecule has 0 aliphatic heterocycles. The van der Waals surface area contributed by atoms with Gasteiger partial charge in [-0.3, -0.25) is 4.79 Å². The molecule has 0 bridgehead atoms. The molecule has 1 heterocycles. The molecule has 3 N–H and O–H groups in total. The van der Waals surface area contributed by atoms with Gasteiger partial charge < -0.3 is 11.1 Å². The minimum absolute atomic E-state index is 0.402. The number of anilines is 1. The summed E-state index contributed by atoms with van der Waals surface area (Å²) in [5, 5.41) is 6.19. The molecule has 0 unspecified atom stereocenters. The molecule has 4 nitrogen and oxygen atoms in total. The van der Waals surface area contributed by atoms with Crippen LogP contribution in [0.4, 0.5) is 5.69 Å². The molecule has 0 radical (unpaired) electrons. The van der Waals surface area contributed by atoms with Crippen molar-refractivity contribution in [2.45, 2.75) is 13.5 Å². The van der Waals surface area contributed by atoms with Crippen molar-refractivity contribution in [2.75, 3.05) is 5.32 Å². The molecule has 88 valence electrons. The molecule has 0 aliphatic carbocycles. The fourth-order valence-corrected chi connectivity index (χ4v) is 2.16. The van der Waals surface area contributed by atoms with Crippen molar-refractivity contribution in [3.05, 3.63) is 45.9 Å². The van der Waals surface area contributed by atoms with Gasteiger partial charge in [0.25, 0.3) is 0 Å². The molecule has 17 heavy (non-hydrogen) atoms. The zero-order valence-corrected chi connectivity index (χ0v) is 10.3. The van der Waals surface area contributed by atoms with E-state index in [1.54, 1.807) is 23.6 Å². The second-order valence-electron chi connectivity index (χ2n) is 3.62. The van der Waals surface area contributed by atoms with Gasteiger partial charge in [0, 0.05) is 22.8 Å². The minimum atomic E-state index is -0.402. The summed E-state index contributed by atoms with van der Waals surface area (Å²) in [5.74, 6) is -0.402. The number of nitrogens with zero attached hydrogens (tertiary/aromatic N) is 1. The summed E-state index contributed by atoms with van der Waals surface area (Å²) in [5.41, 5.74) is 7.63. The van der Waals surface area contributed by atoms with E-state index in [0.717, 1.165) is 16.3 Å². The highest BCUT2D eigenvalue weighted by Gasteiger charge is 2.08. The van der Waals surface area contributed by atoms with Crippen LogP contribution in [0, 0.1) is 6.92 Å². The van der Waals surface area contributed by atoms with Crippen LogP contribution in [0.3, 0.4) is 0 Å². The lowest BCUT2D eigenvalue weighted by atomic mass is 10.1. The smallest absolute Gasteiger partial charge is 0.249 e. The van der Waals surface area contributed by atoms with Crippen LogP contribution < -0.4 is 11.1 Å². The average Bonchev–Trinajstić information content (AvgIpc) is 2.80. The molecule has 1 aromatic carbocycles. The second-order valence-corrected chi connectivity index (χ2v) is 4.60. The van der Waals surface area contributed by atoms with E-state index in [-0.39, 0.29) is 0 Å². The molecule has 0 atom stereocenters. The predicted molar refractivity (Wildman–Crippen MR) is 69.1 cm³/mol. The van der Waals surface area contributed by atoms with Crippen molar-refractivity contribution in [3.63, 3.8) is 0 Å². The highest BCUT2D eigenvalue weighted by molar-refractivity contribution is 7.09. The van der Waals surface area contributed by atoms with E-state index in [0.29, 0.717) is 12.1 Å². The summed E-state index contributed by atoms with van der Waals surface area (Å²) >= 11 is 1.59. The van der Waals surface area contributed by atoms with Crippen LogP contribution in [0.15, 0.2) is 29.8 Å². The number of primary amides is 1. The molecule has 1 amide bonds. The minimum Gasteiger partial charge on any atom is -0.378 e. The van der Waals surface area contributed by atoms with Gasteiger partial charge in [-0.1, -0.05) is 6.07 Å². The fraction of sp³-hybridized carbons (Fsp3) is 0.167. The van der Waals surface area contributed by atoms with E-state index >= 15 is 0 Å². The summed E-state index contributed by atoms with van der Waals surface area (Å²) < 4.78 is 0. The van der Waals surface area contributed by atoms with Crippen molar-refractivity contribution in [1.29, 1.82) is 0 Å². The number of hydrogen-bond acceptors (Lipinski definition) is 4. The van der Waals surface area contributed by atoms with E-state index in [1.807, 2.05) is 24.4 Å². The molecule has 5 heteroatoms. The predicted octanol–water partition coefficient (Wildman–Crippen LogP) is 2.16. The molecular weight excluding hydrogens is 234 g/mol. The first-order valence-corrected chi connectivity index (χ1v) is 6.08. The lowest BCUT2D eigenvalue weighted by molar-refractivity contribution is 0.1000. The molecule has 0 spiro atoms. The number of nitrogens with one attached hydrogen (secondary N) is 1. The Kier molecular flexibility index (Phi) is 3.39. The first-order chi connectivity index (χ1) is 8.18. The van der Waals surface area contributed by atoms with Crippen LogP contribution in [0.1, 0.15) is 20.9 Å². The van der Waals surface area contributed by atoms with Crippen molar-refractivity contribution in [3.8, 4) is 0 Å². The molecular formula is C12H13N3OS. The Balaban J connectivity index is 2.16. The highest BCUT2D eigenvalue weighted by atomic mass is 32.1. The number of carbonyl (C=O) groups is 1. The Morgan fingerprint density at radius 2 is 2.35 bits per heavy atom. The summed E-state index contributed by atoms with van der Waals surface area (Å²) in [6, 6.07) is 5.47. The molecule has 0 aliphatic rings. The number of thiazole rings is 1. The van der Waals surface area contributed by atoms with Gasteiger partial charge in [-0.05, 0) is 24.6 Å². The summed E-state index contributed by atoms with van der Waals surface area (Å²) in [6.45, 7) is 2.53. The van der Waals surface area contributed by atoms with Crippen LogP contribution in [-0.4, -0.2) is 10.9 Å². The van der Waals surface area contributed by atoms with Crippen molar-refractivity contribution >= 4 is 22.9 Å². The van der Waals surface area contributed by atoms with Crippen molar-refractivity contribution in [1.82, 2.24) is 4.98 Å². The van der Waals surface area contributed by atoms with Crippen molar-refractivity contribution in [2.24, 2.45) is 5.73 Å².